The summed E-state index contributed by atoms with van der Waals surface area (Å²) in [6.45, 7) is 3.61. The van der Waals surface area contributed by atoms with Crippen molar-refractivity contribution in [2.45, 2.75) is 20.0 Å². The summed E-state index contributed by atoms with van der Waals surface area (Å²) in [4.78, 5) is 0. The molecule has 16 heavy (non-hydrogen) atoms. The largest absolute Gasteiger partial charge is 0.364 e. The van der Waals surface area contributed by atoms with E-state index in [-0.39, 0.29) is 0 Å². The van der Waals surface area contributed by atoms with Crippen LogP contribution in [0.4, 0.5) is 0 Å². The smallest absolute Gasteiger partial charge is 0.124 e. The molecule has 3 nitrogen and oxygen atoms in total. The van der Waals surface area contributed by atoms with Gasteiger partial charge in [-0.3, -0.25) is 0 Å². The van der Waals surface area contributed by atoms with Crippen molar-refractivity contribution in [3.8, 4) is 0 Å². The average Bonchev–Trinajstić information content (AvgIpc) is 2.74. The Labute approximate surface area is 103 Å². The van der Waals surface area contributed by atoms with E-state index >= 15 is 0 Å². The van der Waals surface area contributed by atoms with E-state index in [4.69, 9.17) is 4.52 Å². The zero-order valence-corrected chi connectivity index (χ0v) is 10.6. The van der Waals surface area contributed by atoms with Crippen molar-refractivity contribution >= 4 is 15.9 Å². The molecule has 0 atom stereocenters. The van der Waals surface area contributed by atoms with Crippen LogP contribution in [0, 0.1) is 6.92 Å². The van der Waals surface area contributed by atoms with Crippen molar-refractivity contribution in [2.75, 3.05) is 0 Å². The molecule has 1 aromatic heterocycles. The summed E-state index contributed by atoms with van der Waals surface area (Å²) < 4.78 is 5.90. The number of hydrogen-bond acceptors (Lipinski definition) is 3. The lowest BCUT2D eigenvalue weighted by molar-refractivity contribution is 0.408. The molecular weight excluding hydrogens is 268 g/mol. The van der Waals surface area contributed by atoms with Crippen LogP contribution in [0.5, 0.6) is 0 Å². The van der Waals surface area contributed by atoms with Crippen molar-refractivity contribution in [1.82, 2.24) is 10.5 Å². The molecule has 4 heteroatoms. The molecule has 0 saturated carbocycles. The summed E-state index contributed by atoms with van der Waals surface area (Å²) in [5.41, 5.74) is 3.42. The first kappa shape index (κ1) is 11.4. The fourth-order valence-electron chi connectivity index (χ4n) is 1.45. The van der Waals surface area contributed by atoms with Crippen LogP contribution in [-0.2, 0) is 13.1 Å². The van der Waals surface area contributed by atoms with Crippen LogP contribution in [0.2, 0.25) is 0 Å². The highest BCUT2D eigenvalue weighted by Crippen LogP contribution is 2.18. The Hall–Kier alpha value is -1.13. The number of benzene rings is 1. The van der Waals surface area contributed by atoms with Crippen LogP contribution in [0.1, 0.15) is 16.8 Å². The summed E-state index contributed by atoms with van der Waals surface area (Å²) in [6.07, 6.45) is 1.58. The molecule has 2 rings (SSSR count). The minimum atomic E-state index is 0.719. The molecular formula is C12H13BrN2O. The molecule has 0 fully saturated rings. The van der Waals surface area contributed by atoms with Crippen molar-refractivity contribution in [2.24, 2.45) is 0 Å². The third kappa shape index (κ3) is 2.93. The zero-order chi connectivity index (χ0) is 11.4. The maximum Gasteiger partial charge on any atom is 0.124 e. The molecule has 1 N–H and O–H groups in total. The zero-order valence-electron chi connectivity index (χ0n) is 9.03. The van der Waals surface area contributed by atoms with E-state index < -0.39 is 0 Å². The lowest BCUT2D eigenvalue weighted by atomic mass is 10.1. The molecule has 0 aliphatic rings. The normalized spacial score (nSPS) is 10.6. The summed E-state index contributed by atoms with van der Waals surface area (Å²) in [6, 6.07) is 8.21. The molecule has 0 amide bonds. The number of hydrogen-bond donors (Lipinski definition) is 1. The van der Waals surface area contributed by atoms with Gasteiger partial charge >= 0.3 is 0 Å². The predicted molar refractivity (Wildman–Crippen MR) is 65.9 cm³/mol. The lowest BCUT2D eigenvalue weighted by Gasteiger charge is -2.06. The topological polar surface area (TPSA) is 38.1 Å². The fourth-order valence-corrected chi connectivity index (χ4v) is 2.08. The molecule has 0 aliphatic heterocycles. The van der Waals surface area contributed by atoms with Crippen LogP contribution in [0.3, 0.4) is 0 Å². The van der Waals surface area contributed by atoms with E-state index in [9.17, 15) is 0 Å². The van der Waals surface area contributed by atoms with Crippen LogP contribution in [0.25, 0.3) is 0 Å². The Kier molecular flexibility index (Phi) is 3.74. The van der Waals surface area contributed by atoms with Gasteiger partial charge in [0.25, 0.3) is 0 Å². The number of nitrogens with one attached hydrogen (secondary N) is 1. The van der Waals surface area contributed by atoms with Gasteiger partial charge < -0.3 is 9.84 Å². The van der Waals surface area contributed by atoms with Crippen molar-refractivity contribution in [1.29, 1.82) is 0 Å². The molecule has 0 bridgehead atoms. The predicted octanol–water partition coefficient (Wildman–Crippen LogP) is 3.04. The van der Waals surface area contributed by atoms with Crippen LogP contribution in [-0.4, -0.2) is 5.16 Å². The summed E-state index contributed by atoms with van der Waals surface area (Å²) in [7, 11) is 0. The standard InChI is InChI=1S/C12H13BrN2O/c1-9-2-3-10(12(13)6-9)7-14-8-11-4-5-16-15-11/h2-6,14H,7-8H2,1H3. The molecule has 0 saturated heterocycles. The highest BCUT2D eigenvalue weighted by atomic mass is 79.9. The second-order valence-electron chi connectivity index (χ2n) is 3.69. The van der Waals surface area contributed by atoms with E-state index in [2.05, 4.69) is 51.5 Å². The summed E-state index contributed by atoms with van der Waals surface area (Å²) in [5.74, 6) is 0. The van der Waals surface area contributed by atoms with E-state index in [1.165, 1.54) is 11.1 Å². The van der Waals surface area contributed by atoms with Gasteiger partial charge in [0, 0.05) is 23.6 Å². The van der Waals surface area contributed by atoms with Gasteiger partial charge in [-0.25, -0.2) is 0 Å². The third-order valence-electron chi connectivity index (χ3n) is 2.32. The Morgan fingerprint density at radius 1 is 1.31 bits per heavy atom. The van der Waals surface area contributed by atoms with Gasteiger partial charge in [0.15, 0.2) is 0 Å². The molecule has 0 unspecified atom stereocenters. The number of aryl methyl sites for hydroxylation is 1. The van der Waals surface area contributed by atoms with Crippen molar-refractivity contribution in [3.05, 3.63) is 51.8 Å². The van der Waals surface area contributed by atoms with Gasteiger partial charge in [-0.15, -0.1) is 0 Å². The Bertz CT molecular complexity index is 454. The highest BCUT2D eigenvalue weighted by Gasteiger charge is 2.00. The Morgan fingerprint density at radius 2 is 2.19 bits per heavy atom. The SMILES string of the molecule is Cc1ccc(CNCc2ccon2)c(Br)c1. The van der Waals surface area contributed by atoms with Gasteiger partial charge in [0.1, 0.15) is 6.26 Å². The second kappa shape index (κ2) is 5.27. The molecule has 2 aromatic rings. The number of rotatable bonds is 4. The minimum Gasteiger partial charge on any atom is -0.364 e. The third-order valence-corrected chi connectivity index (χ3v) is 3.06. The number of nitrogens with zero attached hydrogens (tertiary/aromatic N) is 1. The van der Waals surface area contributed by atoms with Crippen LogP contribution >= 0.6 is 15.9 Å². The second-order valence-corrected chi connectivity index (χ2v) is 4.54. The monoisotopic (exact) mass is 280 g/mol. The highest BCUT2D eigenvalue weighted by molar-refractivity contribution is 9.10. The maximum atomic E-state index is 4.76. The van der Waals surface area contributed by atoms with Gasteiger partial charge in [-0.05, 0) is 24.1 Å². The molecule has 84 valence electrons. The maximum absolute atomic E-state index is 4.76. The van der Waals surface area contributed by atoms with E-state index in [0.29, 0.717) is 0 Å². The summed E-state index contributed by atoms with van der Waals surface area (Å²) in [5, 5.41) is 7.15. The quantitative estimate of drug-likeness (QED) is 0.936. The molecule has 0 radical (unpaired) electrons. The first-order chi connectivity index (χ1) is 7.75. The molecule has 1 heterocycles. The number of aromatic nitrogens is 1. The Morgan fingerprint density at radius 3 is 2.88 bits per heavy atom. The molecule has 1 aromatic carbocycles. The van der Waals surface area contributed by atoms with Crippen molar-refractivity contribution in [3.63, 3.8) is 0 Å². The van der Waals surface area contributed by atoms with E-state index in [1.807, 2.05) is 6.07 Å². The van der Waals surface area contributed by atoms with Crippen LogP contribution < -0.4 is 5.32 Å². The fraction of sp³-hybridized carbons (Fsp3) is 0.250. The molecule has 0 aliphatic carbocycles. The van der Waals surface area contributed by atoms with Crippen molar-refractivity contribution < 1.29 is 4.52 Å². The average molecular weight is 281 g/mol. The van der Waals surface area contributed by atoms with Gasteiger partial charge in [-0.1, -0.05) is 33.2 Å². The van der Waals surface area contributed by atoms with Gasteiger partial charge in [0.05, 0.1) is 5.69 Å². The first-order valence-electron chi connectivity index (χ1n) is 5.11. The van der Waals surface area contributed by atoms with E-state index in [0.717, 1.165) is 23.3 Å². The summed E-state index contributed by atoms with van der Waals surface area (Å²) >= 11 is 3.55. The Balaban J connectivity index is 1.90. The minimum absolute atomic E-state index is 0.719. The lowest BCUT2D eigenvalue weighted by Crippen LogP contribution is -2.13. The first-order valence-corrected chi connectivity index (χ1v) is 5.90. The van der Waals surface area contributed by atoms with Gasteiger partial charge in [0.2, 0.25) is 0 Å². The number of halogens is 1. The molecule has 0 spiro atoms. The van der Waals surface area contributed by atoms with Crippen LogP contribution in [0.15, 0.2) is 39.5 Å². The van der Waals surface area contributed by atoms with Gasteiger partial charge in [-0.2, -0.15) is 0 Å². The van der Waals surface area contributed by atoms with E-state index in [1.54, 1.807) is 6.26 Å².